The van der Waals surface area contributed by atoms with Gasteiger partial charge in [0.25, 0.3) is 0 Å². The van der Waals surface area contributed by atoms with E-state index in [0.29, 0.717) is 11.8 Å². The highest BCUT2D eigenvalue weighted by Crippen LogP contribution is 2.18. The molecule has 0 unspecified atom stereocenters. The van der Waals surface area contributed by atoms with Crippen LogP contribution in [0.2, 0.25) is 0 Å². The Labute approximate surface area is 116 Å². The predicted octanol–water partition coefficient (Wildman–Crippen LogP) is 0.630. The maximum absolute atomic E-state index is 11.5. The van der Waals surface area contributed by atoms with Crippen molar-refractivity contribution in [1.82, 2.24) is 20.1 Å². The van der Waals surface area contributed by atoms with Gasteiger partial charge in [0.05, 0.1) is 12.4 Å². The van der Waals surface area contributed by atoms with E-state index in [-0.39, 0.29) is 24.2 Å². The summed E-state index contributed by atoms with van der Waals surface area (Å²) in [5.74, 6) is -0.493. The van der Waals surface area contributed by atoms with Crippen LogP contribution in [-0.2, 0) is 14.3 Å². The third-order valence-corrected chi connectivity index (χ3v) is 3.12. The Morgan fingerprint density at radius 1 is 1.53 bits per heavy atom. The molecular weight excluding hydrogens is 268 g/mol. The van der Waals surface area contributed by atoms with Gasteiger partial charge in [0.2, 0.25) is 5.91 Å². The Morgan fingerprint density at radius 2 is 2.26 bits per heavy atom. The minimum atomic E-state index is -0.439. The van der Waals surface area contributed by atoms with E-state index >= 15 is 0 Å². The summed E-state index contributed by atoms with van der Waals surface area (Å²) in [4.78, 5) is 22.6. The first-order valence-corrected chi connectivity index (χ1v) is 6.97. The number of esters is 1. The zero-order valence-electron chi connectivity index (χ0n) is 11.3. The van der Waals surface area contributed by atoms with Gasteiger partial charge in [0.1, 0.15) is 12.9 Å². The van der Waals surface area contributed by atoms with Crippen molar-refractivity contribution in [3.63, 3.8) is 0 Å². The van der Waals surface area contributed by atoms with Crippen LogP contribution in [0.4, 0.5) is 0 Å². The highest BCUT2D eigenvalue weighted by Gasteiger charge is 2.11. The molecule has 106 valence electrons. The second-order valence-electron chi connectivity index (χ2n) is 3.98. The van der Waals surface area contributed by atoms with E-state index in [0.717, 1.165) is 0 Å². The highest BCUT2D eigenvalue weighted by molar-refractivity contribution is 7.99. The van der Waals surface area contributed by atoms with Crippen LogP contribution in [0, 0.1) is 0 Å². The van der Waals surface area contributed by atoms with Gasteiger partial charge in [-0.3, -0.25) is 9.59 Å². The molecule has 0 bridgehead atoms. The zero-order valence-corrected chi connectivity index (χ0v) is 12.1. The van der Waals surface area contributed by atoms with Crippen LogP contribution >= 0.6 is 11.8 Å². The lowest BCUT2D eigenvalue weighted by Crippen LogP contribution is -2.31. The smallest absolute Gasteiger partial charge is 0.325 e. The monoisotopic (exact) mass is 286 g/mol. The number of hydrogen-bond donors (Lipinski definition) is 1. The minimum Gasteiger partial charge on any atom is -0.465 e. The number of amides is 1. The molecule has 0 saturated heterocycles. The van der Waals surface area contributed by atoms with Gasteiger partial charge in [-0.25, -0.2) is 0 Å². The highest BCUT2D eigenvalue weighted by atomic mass is 32.2. The fourth-order valence-electron chi connectivity index (χ4n) is 1.25. The molecule has 0 aliphatic carbocycles. The van der Waals surface area contributed by atoms with Crippen LogP contribution in [-0.4, -0.2) is 45.5 Å². The summed E-state index contributed by atoms with van der Waals surface area (Å²) in [6.45, 7) is 5.93. The van der Waals surface area contributed by atoms with Crippen molar-refractivity contribution >= 4 is 23.6 Å². The van der Waals surface area contributed by atoms with Crippen LogP contribution in [0.3, 0.4) is 0 Å². The summed E-state index contributed by atoms with van der Waals surface area (Å²) >= 11 is 1.28. The number of carbonyl (C=O) groups excluding carboxylic acids is 2. The molecule has 0 fully saturated rings. The second-order valence-corrected chi connectivity index (χ2v) is 4.93. The molecule has 0 spiro atoms. The average molecular weight is 286 g/mol. The molecule has 0 radical (unpaired) electrons. The zero-order chi connectivity index (χ0) is 14.3. The molecule has 8 heteroatoms. The summed E-state index contributed by atoms with van der Waals surface area (Å²) < 4.78 is 6.58. The minimum absolute atomic E-state index is 0.107. The topological polar surface area (TPSA) is 86.1 Å². The fourth-order valence-corrected chi connectivity index (χ4v) is 2.13. The summed E-state index contributed by atoms with van der Waals surface area (Å²) in [6, 6.07) is 0.236. The normalized spacial score (nSPS) is 10.5. The van der Waals surface area contributed by atoms with Crippen molar-refractivity contribution in [2.75, 3.05) is 18.9 Å². The van der Waals surface area contributed by atoms with E-state index < -0.39 is 5.97 Å². The van der Waals surface area contributed by atoms with Gasteiger partial charge in [-0.2, -0.15) is 0 Å². The molecule has 1 aromatic rings. The molecule has 1 N–H and O–H groups in total. The first-order chi connectivity index (χ1) is 9.04. The quantitative estimate of drug-likeness (QED) is 0.584. The van der Waals surface area contributed by atoms with E-state index in [1.165, 1.54) is 11.8 Å². The first kappa shape index (κ1) is 15.5. The van der Waals surface area contributed by atoms with E-state index in [9.17, 15) is 9.59 Å². The van der Waals surface area contributed by atoms with Gasteiger partial charge < -0.3 is 14.6 Å². The number of nitrogens with zero attached hydrogens (tertiary/aromatic N) is 3. The number of rotatable bonds is 7. The van der Waals surface area contributed by atoms with E-state index in [4.69, 9.17) is 4.74 Å². The molecule has 1 rings (SSSR count). The summed E-state index contributed by atoms with van der Waals surface area (Å²) in [7, 11) is 0. The maximum Gasteiger partial charge on any atom is 0.325 e. The number of ether oxygens (including phenoxy) is 1. The molecule has 0 aliphatic rings. The van der Waals surface area contributed by atoms with Crippen molar-refractivity contribution in [1.29, 1.82) is 0 Å². The molecule has 1 amide bonds. The van der Waals surface area contributed by atoms with Crippen molar-refractivity contribution in [2.24, 2.45) is 0 Å². The summed E-state index contributed by atoms with van der Waals surface area (Å²) in [5.41, 5.74) is 0. The first-order valence-electron chi connectivity index (χ1n) is 5.99. The molecule has 7 nitrogen and oxygen atoms in total. The molecule has 0 aliphatic heterocycles. The Morgan fingerprint density at radius 3 is 2.89 bits per heavy atom. The summed E-state index contributed by atoms with van der Waals surface area (Å²) in [5, 5.41) is 10.9. The molecule has 1 heterocycles. The second kappa shape index (κ2) is 7.78. The van der Waals surface area contributed by atoms with Crippen LogP contribution in [0.15, 0.2) is 11.5 Å². The fraction of sp³-hybridized carbons (Fsp3) is 0.636. The lowest BCUT2D eigenvalue weighted by molar-refractivity contribution is -0.143. The van der Waals surface area contributed by atoms with Gasteiger partial charge in [-0.1, -0.05) is 11.8 Å². The third kappa shape index (κ3) is 5.29. The third-order valence-electron chi connectivity index (χ3n) is 2.16. The molecule has 0 atom stereocenters. The Balaban J connectivity index is 2.34. The SMILES string of the molecule is CCOC(=O)CNC(=O)CSc1nncn1C(C)C. The lowest BCUT2D eigenvalue weighted by Gasteiger charge is -2.09. The van der Waals surface area contributed by atoms with Gasteiger partial charge >= 0.3 is 5.97 Å². The number of carbonyl (C=O) groups is 2. The molecular formula is C11H18N4O3S. The Hall–Kier alpha value is -1.57. The van der Waals surface area contributed by atoms with Crippen molar-refractivity contribution in [3.05, 3.63) is 6.33 Å². The average Bonchev–Trinajstić information content (AvgIpc) is 2.82. The van der Waals surface area contributed by atoms with Gasteiger partial charge in [0, 0.05) is 6.04 Å². The molecule has 19 heavy (non-hydrogen) atoms. The Bertz CT molecular complexity index is 433. The molecule has 1 aromatic heterocycles. The number of hydrogen-bond acceptors (Lipinski definition) is 6. The predicted molar refractivity (Wildman–Crippen MR) is 70.8 cm³/mol. The maximum atomic E-state index is 11.5. The van der Waals surface area contributed by atoms with Gasteiger partial charge in [-0.15, -0.1) is 10.2 Å². The molecule has 0 saturated carbocycles. The Kier molecular flexibility index (Phi) is 6.34. The molecule has 0 aromatic carbocycles. The van der Waals surface area contributed by atoms with Crippen LogP contribution in [0.5, 0.6) is 0 Å². The largest absolute Gasteiger partial charge is 0.465 e. The van der Waals surface area contributed by atoms with Gasteiger partial charge in [-0.05, 0) is 20.8 Å². The van der Waals surface area contributed by atoms with E-state index in [1.54, 1.807) is 13.3 Å². The standard InChI is InChI=1S/C11H18N4O3S/c1-4-18-10(17)5-12-9(16)6-19-11-14-13-7-15(11)8(2)3/h7-8H,4-6H2,1-3H3,(H,12,16). The number of thioether (sulfide) groups is 1. The van der Waals surface area contributed by atoms with E-state index in [2.05, 4.69) is 15.5 Å². The van der Waals surface area contributed by atoms with Crippen molar-refractivity contribution in [3.8, 4) is 0 Å². The van der Waals surface area contributed by atoms with Crippen molar-refractivity contribution in [2.45, 2.75) is 32.0 Å². The summed E-state index contributed by atoms with van der Waals surface area (Å²) in [6.07, 6.45) is 1.63. The number of aromatic nitrogens is 3. The van der Waals surface area contributed by atoms with Crippen LogP contribution in [0.25, 0.3) is 0 Å². The van der Waals surface area contributed by atoms with Crippen molar-refractivity contribution < 1.29 is 14.3 Å². The lowest BCUT2D eigenvalue weighted by atomic mass is 10.4. The van der Waals surface area contributed by atoms with E-state index in [1.807, 2.05) is 18.4 Å². The number of nitrogens with one attached hydrogen (secondary N) is 1. The van der Waals surface area contributed by atoms with Gasteiger partial charge in [0.15, 0.2) is 5.16 Å². The van der Waals surface area contributed by atoms with Crippen LogP contribution in [0.1, 0.15) is 26.8 Å². The van der Waals surface area contributed by atoms with Crippen LogP contribution < -0.4 is 5.32 Å².